The van der Waals surface area contributed by atoms with Gasteiger partial charge < -0.3 is 0 Å². The number of nitrogens with zero attached hydrogens (tertiary/aromatic N) is 3. The molecule has 0 N–H and O–H groups in total. The van der Waals surface area contributed by atoms with Gasteiger partial charge in [-0.1, -0.05) is 79.1 Å². The predicted molar refractivity (Wildman–Crippen MR) is 143 cm³/mol. The maximum Gasteiger partial charge on any atom is 0.218 e. The highest BCUT2D eigenvalue weighted by molar-refractivity contribution is 7.75. The zero-order chi connectivity index (χ0) is 24.3. The average molecular weight is 463 g/mol. The molecule has 0 aliphatic heterocycles. The molecule has 0 atom stereocenters. The lowest BCUT2D eigenvalue weighted by molar-refractivity contribution is 0.673. The van der Waals surface area contributed by atoms with Gasteiger partial charge in [0.1, 0.15) is 0 Å². The van der Waals surface area contributed by atoms with Crippen LogP contribution in [-0.4, -0.2) is 24.6 Å². The first-order valence-corrected chi connectivity index (χ1v) is 16.2. The molecule has 0 bridgehead atoms. The Morgan fingerprint density at radius 1 is 0.438 bits per heavy atom. The van der Waals surface area contributed by atoms with Gasteiger partial charge in [-0.25, -0.2) is 0 Å². The standard InChI is InChI=1S/C24H52P.C4HN3/c1-5-9-13-17-21-25(22-18-14-10-6-2,23-19-15-11-7-3)24-20-16-12-8-4;5-1-4(2-6)3-7/h5-24H2,1-4H3;4H/q+1;. The Labute approximate surface area is 202 Å². The largest absolute Gasteiger partial charge is 0.218 e. The summed E-state index contributed by atoms with van der Waals surface area (Å²) in [6.45, 7) is 9.40. The minimum absolute atomic E-state index is 0.657. The van der Waals surface area contributed by atoms with Gasteiger partial charge >= 0.3 is 0 Å². The Bertz CT molecular complexity index is 425. The lowest BCUT2D eigenvalue weighted by Crippen LogP contribution is -2.13. The number of hydrogen-bond donors (Lipinski definition) is 0. The van der Waals surface area contributed by atoms with Gasteiger partial charge in [0.2, 0.25) is 5.92 Å². The Kier molecular flexibility index (Phi) is 27.0. The molecule has 0 radical (unpaired) electrons. The first kappa shape index (κ1) is 33.1. The van der Waals surface area contributed by atoms with Crippen LogP contribution in [0.1, 0.15) is 130 Å². The highest BCUT2D eigenvalue weighted by Crippen LogP contribution is 2.61. The van der Waals surface area contributed by atoms with E-state index in [0.717, 1.165) is 0 Å². The highest BCUT2D eigenvalue weighted by Gasteiger charge is 2.34. The van der Waals surface area contributed by atoms with Crippen LogP contribution < -0.4 is 0 Å². The van der Waals surface area contributed by atoms with E-state index in [-0.39, 0.29) is 0 Å². The molecule has 0 aromatic heterocycles. The third kappa shape index (κ3) is 20.8. The molecule has 0 saturated carbocycles. The van der Waals surface area contributed by atoms with E-state index >= 15 is 0 Å². The summed E-state index contributed by atoms with van der Waals surface area (Å²) in [4.78, 5) is 0. The van der Waals surface area contributed by atoms with Crippen molar-refractivity contribution in [1.82, 2.24) is 0 Å². The van der Waals surface area contributed by atoms with Crippen molar-refractivity contribution in [2.75, 3.05) is 24.6 Å². The molecular formula is C28H53N3P+. The molecule has 0 amide bonds. The fourth-order valence-corrected chi connectivity index (χ4v) is 9.17. The number of unbranched alkanes of at least 4 members (excludes halogenated alkanes) is 12. The Morgan fingerprint density at radius 2 is 0.688 bits per heavy atom. The second kappa shape index (κ2) is 26.2. The minimum Gasteiger partial charge on any atom is -0.196 e. The quantitative estimate of drug-likeness (QED) is 0.133. The fourth-order valence-electron chi connectivity index (χ4n) is 4.25. The van der Waals surface area contributed by atoms with E-state index in [1.165, 1.54) is 121 Å². The lowest BCUT2D eigenvalue weighted by atomic mass is 10.2. The molecule has 0 spiro atoms. The molecule has 3 nitrogen and oxygen atoms in total. The van der Waals surface area contributed by atoms with Crippen molar-refractivity contribution in [3.63, 3.8) is 0 Å². The topological polar surface area (TPSA) is 71.4 Å². The molecule has 0 rings (SSSR count). The monoisotopic (exact) mass is 462 g/mol. The van der Waals surface area contributed by atoms with Gasteiger partial charge in [-0.2, -0.15) is 15.8 Å². The second-order valence-electron chi connectivity index (χ2n) is 9.30. The van der Waals surface area contributed by atoms with Crippen molar-refractivity contribution in [3.8, 4) is 18.2 Å². The van der Waals surface area contributed by atoms with Crippen LogP contribution in [0.25, 0.3) is 0 Å². The van der Waals surface area contributed by atoms with Crippen LogP contribution in [-0.2, 0) is 0 Å². The number of nitriles is 3. The van der Waals surface area contributed by atoms with Crippen LogP contribution >= 0.6 is 7.26 Å². The molecular weight excluding hydrogens is 409 g/mol. The molecule has 32 heavy (non-hydrogen) atoms. The van der Waals surface area contributed by atoms with Crippen molar-refractivity contribution in [2.45, 2.75) is 130 Å². The average Bonchev–Trinajstić information content (AvgIpc) is 2.82. The van der Waals surface area contributed by atoms with Crippen LogP contribution in [0.3, 0.4) is 0 Å². The molecule has 4 heteroatoms. The second-order valence-corrected chi connectivity index (χ2v) is 13.8. The van der Waals surface area contributed by atoms with Gasteiger partial charge in [0.25, 0.3) is 0 Å². The van der Waals surface area contributed by atoms with Crippen molar-refractivity contribution >= 4 is 7.26 Å². The maximum absolute atomic E-state index is 7.83. The van der Waals surface area contributed by atoms with E-state index in [4.69, 9.17) is 15.8 Å². The van der Waals surface area contributed by atoms with Crippen molar-refractivity contribution in [1.29, 1.82) is 15.8 Å². The normalized spacial score (nSPS) is 10.7. The summed E-state index contributed by atoms with van der Waals surface area (Å²) >= 11 is 0. The van der Waals surface area contributed by atoms with Gasteiger partial charge in [0, 0.05) is 7.26 Å². The zero-order valence-corrected chi connectivity index (χ0v) is 22.9. The molecule has 184 valence electrons. The third-order valence-electron chi connectivity index (χ3n) is 6.33. The van der Waals surface area contributed by atoms with Gasteiger partial charge in [0.05, 0.1) is 42.9 Å². The van der Waals surface area contributed by atoms with Crippen LogP contribution in [0, 0.1) is 39.9 Å². The van der Waals surface area contributed by atoms with Crippen LogP contribution in [0.5, 0.6) is 0 Å². The zero-order valence-electron chi connectivity index (χ0n) is 22.0. The molecule has 0 unspecified atom stereocenters. The van der Waals surface area contributed by atoms with Crippen LogP contribution in [0.15, 0.2) is 0 Å². The van der Waals surface area contributed by atoms with E-state index in [9.17, 15) is 0 Å². The SMILES string of the molecule is CCCCCC[P+](CCCCCC)(CCCCCC)CCCCCC.N#CC(C#N)C#N. The van der Waals surface area contributed by atoms with Gasteiger partial charge in [-0.05, 0) is 51.4 Å². The Balaban J connectivity index is 0. The Morgan fingerprint density at radius 3 is 0.844 bits per heavy atom. The molecule has 0 fully saturated rings. The minimum atomic E-state index is -1.10. The first-order chi connectivity index (χ1) is 15.6. The molecule has 0 aromatic carbocycles. The van der Waals surface area contributed by atoms with Crippen LogP contribution in [0.2, 0.25) is 0 Å². The summed E-state index contributed by atoms with van der Waals surface area (Å²) in [7, 11) is -0.657. The van der Waals surface area contributed by atoms with Crippen molar-refractivity contribution < 1.29 is 0 Å². The summed E-state index contributed by atoms with van der Waals surface area (Å²) in [5, 5.41) is 23.5. The van der Waals surface area contributed by atoms with Crippen molar-refractivity contribution in [2.24, 2.45) is 5.92 Å². The van der Waals surface area contributed by atoms with E-state index in [1.807, 2.05) is 0 Å². The Hall–Kier alpha value is -1.10. The smallest absolute Gasteiger partial charge is 0.196 e. The molecule has 0 aromatic rings. The van der Waals surface area contributed by atoms with E-state index in [1.54, 1.807) is 24.6 Å². The molecule has 0 aliphatic rings. The summed E-state index contributed by atoms with van der Waals surface area (Å²) in [5.74, 6) is -1.10. The summed E-state index contributed by atoms with van der Waals surface area (Å²) < 4.78 is 0. The summed E-state index contributed by atoms with van der Waals surface area (Å²) in [6, 6.07) is 4.44. The third-order valence-corrected chi connectivity index (χ3v) is 11.4. The number of hydrogen-bond acceptors (Lipinski definition) is 3. The van der Waals surface area contributed by atoms with Crippen molar-refractivity contribution in [3.05, 3.63) is 0 Å². The fraction of sp³-hybridized carbons (Fsp3) is 0.893. The lowest BCUT2D eigenvalue weighted by Gasteiger charge is -2.28. The van der Waals surface area contributed by atoms with E-state index in [2.05, 4.69) is 27.7 Å². The first-order valence-electron chi connectivity index (χ1n) is 13.6. The van der Waals surface area contributed by atoms with Gasteiger partial charge in [-0.3, -0.25) is 0 Å². The van der Waals surface area contributed by atoms with Gasteiger partial charge in [0.15, 0.2) is 0 Å². The van der Waals surface area contributed by atoms with Crippen LogP contribution in [0.4, 0.5) is 0 Å². The summed E-state index contributed by atoms with van der Waals surface area (Å²) in [6.07, 6.45) is 30.1. The maximum atomic E-state index is 7.83. The summed E-state index contributed by atoms with van der Waals surface area (Å²) in [5.41, 5.74) is 0. The molecule has 0 heterocycles. The molecule has 0 saturated heterocycles. The van der Waals surface area contributed by atoms with E-state index in [0.29, 0.717) is 0 Å². The highest BCUT2D eigenvalue weighted by atomic mass is 31.2. The number of rotatable bonds is 20. The molecule has 0 aliphatic carbocycles. The van der Waals surface area contributed by atoms with Gasteiger partial charge in [-0.15, -0.1) is 0 Å². The predicted octanol–water partition coefficient (Wildman–Crippen LogP) is 9.50. The van der Waals surface area contributed by atoms with E-state index < -0.39 is 13.2 Å².